The maximum Gasteiger partial charge on any atom is 0.343 e. The predicted molar refractivity (Wildman–Crippen MR) is 113 cm³/mol. The standard InChI is InChI=1S/C26H25FO4/c1-26-13-12-20-19-9-7-18(31-25(30)16-4-2-15(3-5-16)24(27)29)14-17(19)6-8-21(20)22(26)10-11-23(26)28/h2-5,7,9,14,20-22H,6,8,10-13H2,1H3/t20-,21-,22+,26+/m1/s1. The number of Topliss-reactive ketones (excluding diaryl/α,β-unsaturated/α-hetero) is 1. The van der Waals surface area contributed by atoms with Crippen molar-refractivity contribution in [3.63, 3.8) is 0 Å². The maximum absolute atomic E-state index is 12.7. The van der Waals surface area contributed by atoms with Crippen LogP contribution >= 0.6 is 0 Å². The summed E-state index contributed by atoms with van der Waals surface area (Å²) >= 11 is 0. The molecule has 0 radical (unpaired) electrons. The van der Waals surface area contributed by atoms with Gasteiger partial charge in [-0.3, -0.25) is 9.59 Å². The fraction of sp³-hybridized carbons (Fsp3) is 0.423. The SMILES string of the molecule is C[C@]12CC[C@@H]3c4ccc(OC(=O)c5ccc(C(=O)F)cc5)cc4CC[C@H]3[C@@H]1CCC2=O. The summed E-state index contributed by atoms with van der Waals surface area (Å²) in [4.78, 5) is 35.7. The smallest absolute Gasteiger partial charge is 0.343 e. The van der Waals surface area contributed by atoms with Gasteiger partial charge in [0.05, 0.1) is 11.1 Å². The molecule has 0 N–H and O–H groups in total. The van der Waals surface area contributed by atoms with Crippen molar-refractivity contribution >= 4 is 17.8 Å². The summed E-state index contributed by atoms with van der Waals surface area (Å²) in [5.41, 5.74) is 2.60. The number of carbonyl (C=O) groups excluding carboxylic acids is 3. The van der Waals surface area contributed by atoms with Crippen LogP contribution in [-0.4, -0.2) is 17.8 Å². The van der Waals surface area contributed by atoms with Gasteiger partial charge in [-0.05, 0) is 97.4 Å². The molecule has 0 aromatic heterocycles. The molecule has 2 aromatic carbocycles. The molecule has 31 heavy (non-hydrogen) atoms. The highest BCUT2D eigenvalue weighted by atomic mass is 19.1. The van der Waals surface area contributed by atoms with Crippen LogP contribution in [0.4, 0.5) is 4.39 Å². The van der Waals surface area contributed by atoms with Crippen molar-refractivity contribution in [3.8, 4) is 5.75 Å². The highest BCUT2D eigenvalue weighted by molar-refractivity contribution is 5.93. The first kappa shape index (κ1) is 20.1. The van der Waals surface area contributed by atoms with Crippen LogP contribution < -0.4 is 4.74 Å². The highest BCUT2D eigenvalue weighted by Crippen LogP contribution is 2.59. The third-order valence-corrected chi connectivity index (χ3v) is 7.97. The Hall–Kier alpha value is -2.82. The Morgan fingerprint density at radius 2 is 1.74 bits per heavy atom. The van der Waals surface area contributed by atoms with Gasteiger partial charge in [-0.2, -0.15) is 4.39 Å². The lowest BCUT2D eigenvalue weighted by molar-refractivity contribution is -0.129. The summed E-state index contributed by atoms with van der Waals surface area (Å²) in [6.45, 7) is 2.18. The predicted octanol–water partition coefficient (Wildman–Crippen LogP) is 5.44. The Kier molecular flexibility index (Phi) is 4.80. The summed E-state index contributed by atoms with van der Waals surface area (Å²) in [5.74, 6) is 1.93. The van der Waals surface area contributed by atoms with Gasteiger partial charge in [0, 0.05) is 11.8 Å². The monoisotopic (exact) mass is 420 g/mol. The molecule has 0 unspecified atom stereocenters. The van der Waals surface area contributed by atoms with E-state index in [9.17, 15) is 18.8 Å². The van der Waals surface area contributed by atoms with E-state index in [1.54, 1.807) is 0 Å². The molecule has 160 valence electrons. The first-order valence-electron chi connectivity index (χ1n) is 11.0. The molecule has 0 heterocycles. The first-order valence-corrected chi connectivity index (χ1v) is 11.0. The minimum absolute atomic E-state index is 0.0903. The number of halogens is 1. The number of carbonyl (C=O) groups is 3. The molecule has 0 saturated heterocycles. The fourth-order valence-electron chi connectivity index (χ4n) is 6.30. The number of ketones is 1. The van der Waals surface area contributed by atoms with Crippen molar-refractivity contribution < 1.29 is 23.5 Å². The summed E-state index contributed by atoms with van der Waals surface area (Å²) in [5, 5.41) is 0. The summed E-state index contributed by atoms with van der Waals surface area (Å²) < 4.78 is 18.3. The molecule has 3 aliphatic carbocycles. The Bertz CT molecular complexity index is 1070. The van der Waals surface area contributed by atoms with Gasteiger partial charge in [-0.1, -0.05) is 13.0 Å². The van der Waals surface area contributed by atoms with Crippen LogP contribution in [0.5, 0.6) is 5.75 Å². The Morgan fingerprint density at radius 1 is 1.00 bits per heavy atom. The lowest BCUT2D eigenvalue weighted by Gasteiger charge is -2.48. The van der Waals surface area contributed by atoms with Gasteiger partial charge in [0.2, 0.25) is 0 Å². The van der Waals surface area contributed by atoms with Crippen LogP contribution in [-0.2, 0) is 11.2 Å². The van der Waals surface area contributed by atoms with Crippen LogP contribution in [0, 0.1) is 17.3 Å². The quantitative estimate of drug-likeness (QED) is 0.377. The molecule has 2 fully saturated rings. The normalized spacial score (nSPS) is 29.0. The average Bonchev–Trinajstić information content (AvgIpc) is 3.08. The number of aryl methyl sites for hydroxylation is 1. The van der Waals surface area contributed by atoms with E-state index >= 15 is 0 Å². The Morgan fingerprint density at radius 3 is 2.48 bits per heavy atom. The molecular formula is C26H25FO4. The second-order valence-corrected chi connectivity index (χ2v) is 9.43. The van der Waals surface area contributed by atoms with E-state index in [1.807, 2.05) is 12.1 Å². The second kappa shape index (κ2) is 7.40. The van der Waals surface area contributed by atoms with E-state index in [0.717, 1.165) is 38.5 Å². The van der Waals surface area contributed by atoms with Crippen LogP contribution in [0.3, 0.4) is 0 Å². The van der Waals surface area contributed by atoms with Gasteiger partial charge in [-0.15, -0.1) is 0 Å². The fourth-order valence-corrected chi connectivity index (χ4v) is 6.30. The van der Waals surface area contributed by atoms with E-state index in [1.165, 1.54) is 35.4 Å². The van der Waals surface area contributed by atoms with E-state index in [-0.39, 0.29) is 16.5 Å². The van der Waals surface area contributed by atoms with Crippen molar-refractivity contribution in [1.29, 1.82) is 0 Å². The van der Waals surface area contributed by atoms with Crippen molar-refractivity contribution in [2.24, 2.45) is 17.3 Å². The molecular weight excluding hydrogens is 395 g/mol. The summed E-state index contributed by atoms with van der Waals surface area (Å²) in [6.07, 6.45) is 5.75. The third kappa shape index (κ3) is 3.31. The molecule has 2 aromatic rings. The molecule has 4 nitrogen and oxygen atoms in total. The number of hydrogen-bond donors (Lipinski definition) is 0. The van der Waals surface area contributed by atoms with Gasteiger partial charge in [0.25, 0.3) is 0 Å². The van der Waals surface area contributed by atoms with Crippen LogP contribution in [0.1, 0.15) is 76.8 Å². The maximum atomic E-state index is 12.7. The third-order valence-electron chi connectivity index (χ3n) is 7.97. The lowest BCUT2D eigenvalue weighted by atomic mass is 9.55. The number of esters is 1. The molecule has 2 saturated carbocycles. The zero-order valence-electron chi connectivity index (χ0n) is 17.5. The zero-order chi connectivity index (χ0) is 21.8. The van der Waals surface area contributed by atoms with Gasteiger partial charge < -0.3 is 4.74 Å². The van der Waals surface area contributed by atoms with Gasteiger partial charge >= 0.3 is 12.0 Å². The topological polar surface area (TPSA) is 60.4 Å². The molecule has 3 aliphatic rings. The number of benzene rings is 2. The number of rotatable bonds is 3. The van der Waals surface area contributed by atoms with Crippen molar-refractivity contribution in [3.05, 3.63) is 64.7 Å². The largest absolute Gasteiger partial charge is 0.423 e. The molecule has 0 bridgehead atoms. The van der Waals surface area contributed by atoms with Crippen molar-refractivity contribution in [2.45, 2.75) is 51.4 Å². The van der Waals surface area contributed by atoms with E-state index in [2.05, 4.69) is 13.0 Å². The van der Waals surface area contributed by atoms with Gasteiger partial charge in [0.15, 0.2) is 0 Å². The van der Waals surface area contributed by atoms with E-state index in [0.29, 0.717) is 29.3 Å². The molecule has 5 heteroatoms. The Labute approximate surface area is 180 Å². The van der Waals surface area contributed by atoms with Crippen molar-refractivity contribution in [1.82, 2.24) is 0 Å². The molecule has 5 rings (SSSR count). The van der Waals surface area contributed by atoms with Crippen LogP contribution in [0.2, 0.25) is 0 Å². The number of ether oxygens (including phenoxy) is 1. The van der Waals surface area contributed by atoms with Gasteiger partial charge in [0.1, 0.15) is 11.5 Å². The first-order chi connectivity index (χ1) is 14.9. The minimum Gasteiger partial charge on any atom is -0.423 e. The summed E-state index contributed by atoms with van der Waals surface area (Å²) in [7, 11) is 0. The van der Waals surface area contributed by atoms with Crippen LogP contribution in [0.25, 0.3) is 0 Å². The Balaban J connectivity index is 1.34. The zero-order valence-corrected chi connectivity index (χ0v) is 17.5. The van der Waals surface area contributed by atoms with E-state index < -0.39 is 12.0 Å². The summed E-state index contributed by atoms with van der Waals surface area (Å²) in [6, 6.07) is 9.67. The second-order valence-electron chi connectivity index (χ2n) is 9.43. The average molecular weight is 420 g/mol. The van der Waals surface area contributed by atoms with E-state index in [4.69, 9.17) is 4.74 Å². The minimum atomic E-state index is -1.53. The highest BCUT2D eigenvalue weighted by Gasteiger charge is 2.54. The molecule has 0 aliphatic heterocycles. The molecule has 0 spiro atoms. The molecule has 4 atom stereocenters. The van der Waals surface area contributed by atoms with Crippen LogP contribution in [0.15, 0.2) is 42.5 Å². The lowest BCUT2D eigenvalue weighted by Crippen LogP contribution is -2.42. The number of fused-ring (bicyclic) bond motifs is 5. The number of hydrogen-bond acceptors (Lipinski definition) is 4. The van der Waals surface area contributed by atoms with Gasteiger partial charge in [-0.25, -0.2) is 4.79 Å². The molecule has 0 amide bonds. The van der Waals surface area contributed by atoms with Crippen molar-refractivity contribution in [2.75, 3.05) is 0 Å².